The first-order valence-corrected chi connectivity index (χ1v) is 9.94. The molecule has 1 atom stereocenters. The minimum atomic E-state index is 0.127. The molecule has 1 aromatic heterocycles. The van der Waals surface area contributed by atoms with E-state index in [-0.39, 0.29) is 6.04 Å². The molecular formula is C25H25N3O. The zero-order valence-electron chi connectivity index (χ0n) is 17.1. The molecule has 2 aromatic carbocycles. The summed E-state index contributed by atoms with van der Waals surface area (Å²) in [5.74, 6) is 0.618. The van der Waals surface area contributed by atoms with Gasteiger partial charge in [0.1, 0.15) is 12.3 Å². The summed E-state index contributed by atoms with van der Waals surface area (Å²) in [7, 11) is 0. The van der Waals surface area contributed by atoms with E-state index in [1.807, 2.05) is 31.2 Å². The van der Waals surface area contributed by atoms with Crippen LogP contribution in [0.4, 0.5) is 5.69 Å². The molecule has 0 amide bonds. The second kappa shape index (κ2) is 8.39. The summed E-state index contributed by atoms with van der Waals surface area (Å²) in [5.41, 5.74) is 7.07. The largest absolute Gasteiger partial charge is 0.474 e. The van der Waals surface area contributed by atoms with Crippen LogP contribution in [-0.2, 0) is 11.2 Å². The average molecular weight is 383 g/mol. The lowest BCUT2D eigenvalue weighted by molar-refractivity contribution is 0.316. The molecular weight excluding hydrogens is 358 g/mol. The van der Waals surface area contributed by atoms with E-state index in [9.17, 15) is 0 Å². The number of hydrogen-bond donors (Lipinski definition) is 0. The summed E-state index contributed by atoms with van der Waals surface area (Å²) in [5, 5.41) is 0. The Morgan fingerprint density at radius 3 is 2.45 bits per heavy atom. The van der Waals surface area contributed by atoms with Gasteiger partial charge in [-0.25, -0.2) is 9.98 Å². The van der Waals surface area contributed by atoms with Crippen molar-refractivity contribution in [2.75, 3.05) is 6.61 Å². The van der Waals surface area contributed by atoms with Crippen LogP contribution in [0, 0.1) is 13.8 Å². The predicted octanol–water partition coefficient (Wildman–Crippen LogP) is 5.23. The van der Waals surface area contributed by atoms with Crippen LogP contribution in [0.15, 0.2) is 76.7 Å². The van der Waals surface area contributed by atoms with Gasteiger partial charge in [0.25, 0.3) is 0 Å². The third kappa shape index (κ3) is 4.43. The van der Waals surface area contributed by atoms with Crippen LogP contribution < -0.4 is 0 Å². The van der Waals surface area contributed by atoms with E-state index < -0.39 is 0 Å². The Hall–Kier alpha value is -3.27. The second-order valence-corrected chi connectivity index (χ2v) is 7.43. The molecule has 0 fully saturated rings. The van der Waals surface area contributed by atoms with Gasteiger partial charge in [0.2, 0.25) is 5.90 Å². The number of aromatic nitrogens is 1. The van der Waals surface area contributed by atoms with Crippen LogP contribution in [0.2, 0.25) is 0 Å². The van der Waals surface area contributed by atoms with Gasteiger partial charge in [-0.15, -0.1) is 0 Å². The minimum absolute atomic E-state index is 0.127. The zero-order chi connectivity index (χ0) is 20.2. The number of ether oxygens (including phenoxy) is 1. The van der Waals surface area contributed by atoms with E-state index in [0.717, 1.165) is 40.3 Å². The summed E-state index contributed by atoms with van der Waals surface area (Å²) in [6, 6.07) is 22.6. The fourth-order valence-electron chi connectivity index (χ4n) is 3.51. The van der Waals surface area contributed by atoms with Gasteiger partial charge >= 0.3 is 0 Å². The van der Waals surface area contributed by atoms with Crippen LogP contribution in [0.1, 0.15) is 35.0 Å². The van der Waals surface area contributed by atoms with Crippen LogP contribution in [0.5, 0.6) is 0 Å². The van der Waals surface area contributed by atoms with Crippen molar-refractivity contribution in [1.29, 1.82) is 0 Å². The van der Waals surface area contributed by atoms with Crippen molar-refractivity contribution >= 4 is 17.3 Å². The third-order valence-corrected chi connectivity index (χ3v) is 5.08. The molecule has 0 radical (unpaired) electrons. The van der Waals surface area contributed by atoms with Gasteiger partial charge in [0.15, 0.2) is 0 Å². The Kier molecular flexibility index (Phi) is 5.52. The van der Waals surface area contributed by atoms with Gasteiger partial charge in [-0.2, -0.15) is 0 Å². The maximum Gasteiger partial charge on any atom is 0.235 e. The quantitative estimate of drug-likeness (QED) is 0.567. The molecule has 146 valence electrons. The Bertz CT molecular complexity index is 1050. The fraction of sp³-hybridized carbons (Fsp3) is 0.240. The molecule has 4 heteroatoms. The first-order chi connectivity index (χ1) is 14.1. The Morgan fingerprint density at radius 2 is 1.69 bits per heavy atom. The van der Waals surface area contributed by atoms with Crippen molar-refractivity contribution in [3.8, 4) is 0 Å². The molecule has 1 unspecified atom stereocenters. The topological polar surface area (TPSA) is 46.8 Å². The molecule has 3 aromatic rings. The van der Waals surface area contributed by atoms with Crippen LogP contribution in [0.3, 0.4) is 0 Å². The van der Waals surface area contributed by atoms with Gasteiger partial charge in [-0.3, -0.25) is 4.99 Å². The van der Waals surface area contributed by atoms with Crippen molar-refractivity contribution in [2.24, 2.45) is 9.98 Å². The number of aryl methyl sites for hydroxylation is 2. The van der Waals surface area contributed by atoms with Crippen LogP contribution in [-0.4, -0.2) is 29.2 Å². The van der Waals surface area contributed by atoms with Gasteiger partial charge in [0, 0.05) is 0 Å². The van der Waals surface area contributed by atoms with E-state index in [1.54, 1.807) is 0 Å². The molecule has 0 bridgehead atoms. The molecule has 29 heavy (non-hydrogen) atoms. The highest BCUT2D eigenvalue weighted by Gasteiger charge is 2.21. The number of hydrogen-bond acceptors (Lipinski definition) is 4. The maximum absolute atomic E-state index is 5.86. The fourth-order valence-corrected chi connectivity index (χ4v) is 3.51. The number of pyridine rings is 1. The third-order valence-electron chi connectivity index (χ3n) is 5.08. The minimum Gasteiger partial charge on any atom is -0.474 e. The van der Waals surface area contributed by atoms with E-state index in [4.69, 9.17) is 19.7 Å². The number of rotatable bonds is 5. The highest BCUT2D eigenvalue weighted by molar-refractivity contribution is 6.00. The molecule has 1 aliphatic heterocycles. The highest BCUT2D eigenvalue weighted by atomic mass is 16.5. The molecule has 4 rings (SSSR count). The molecule has 2 heterocycles. The SMILES string of the molecule is C/C(=N\c1c(C)cccc1C)c1cccc(C2=NC(Cc3ccccc3)CO2)n1. The van der Waals surface area contributed by atoms with E-state index in [2.05, 4.69) is 56.3 Å². The van der Waals surface area contributed by atoms with Gasteiger partial charge in [-0.05, 0) is 56.0 Å². The van der Waals surface area contributed by atoms with Crippen LogP contribution >= 0.6 is 0 Å². The monoisotopic (exact) mass is 383 g/mol. The van der Waals surface area contributed by atoms with Crippen LogP contribution in [0.25, 0.3) is 0 Å². The summed E-state index contributed by atoms with van der Waals surface area (Å²) in [6.07, 6.45) is 0.872. The molecule has 0 aliphatic carbocycles. The molecule has 4 nitrogen and oxygen atoms in total. The van der Waals surface area contributed by atoms with Crippen molar-refractivity contribution in [2.45, 2.75) is 33.2 Å². The van der Waals surface area contributed by atoms with Crippen molar-refractivity contribution in [3.63, 3.8) is 0 Å². The number of benzene rings is 2. The predicted molar refractivity (Wildman–Crippen MR) is 118 cm³/mol. The molecule has 1 aliphatic rings. The Morgan fingerprint density at radius 1 is 0.966 bits per heavy atom. The lowest BCUT2D eigenvalue weighted by atomic mass is 10.1. The van der Waals surface area contributed by atoms with E-state index >= 15 is 0 Å². The molecule has 0 N–H and O–H groups in total. The van der Waals surface area contributed by atoms with E-state index in [0.29, 0.717) is 12.5 Å². The van der Waals surface area contributed by atoms with Gasteiger partial charge in [-0.1, -0.05) is 54.6 Å². The van der Waals surface area contributed by atoms with Crippen molar-refractivity contribution in [1.82, 2.24) is 4.98 Å². The molecule has 0 saturated carbocycles. The standard InChI is InChI=1S/C25H25N3O/c1-17-9-7-10-18(2)24(17)26-19(3)22-13-8-14-23(28-22)25-27-21(16-29-25)15-20-11-5-4-6-12-20/h4-14,21H,15-16H2,1-3H3/b26-19+. The second-order valence-electron chi connectivity index (χ2n) is 7.43. The Labute approximate surface area is 172 Å². The van der Waals surface area contributed by atoms with Gasteiger partial charge in [0.05, 0.1) is 23.1 Å². The highest BCUT2D eigenvalue weighted by Crippen LogP contribution is 2.24. The number of aliphatic imine (C=N–C) groups is 2. The normalized spacial score (nSPS) is 16.4. The lowest BCUT2D eigenvalue weighted by Gasteiger charge is -2.07. The zero-order valence-corrected chi connectivity index (χ0v) is 17.1. The molecule has 0 saturated heterocycles. The maximum atomic E-state index is 5.86. The first-order valence-electron chi connectivity index (χ1n) is 9.94. The number of para-hydroxylation sites is 1. The summed E-state index contributed by atoms with van der Waals surface area (Å²) >= 11 is 0. The summed E-state index contributed by atoms with van der Waals surface area (Å²) in [6.45, 7) is 6.74. The summed E-state index contributed by atoms with van der Waals surface area (Å²) in [4.78, 5) is 14.4. The smallest absolute Gasteiger partial charge is 0.235 e. The van der Waals surface area contributed by atoms with Gasteiger partial charge < -0.3 is 4.74 Å². The number of nitrogens with zero attached hydrogens (tertiary/aromatic N) is 3. The first kappa shape index (κ1) is 19.1. The van der Waals surface area contributed by atoms with E-state index in [1.165, 1.54) is 5.56 Å². The van der Waals surface area contributed by atoms with Crippen molar-refractivity contribution in [3.05, 3.63) is 94.8 Å². The van der Waals surface area contributed by atoms with Crippen molar-refractivity contribution < 1.29 is 4.74 Å². The Balaban J connectivity index is 1.56. The average Bonchev–Trinajstić information content (AvgIpc) is 3.20. The lowest BCUT2D eigenvalue weighted by Crippen LogP contribution is -2.10. The molecule has 0 spiro atoms. The summed E-state index contributed by atoms with van der Waals surface area (Å²) < 4.78 is 5.86.